The zero-order chi connectivity index (χ0) is 27.1. The molecule has 0 heterocycles. The van der Waals surface area contributed by atoms with Gasteiger partial charge in [0.1, 0.15) is 0 Å². The van der Waals surface area contributed by atoms with Crippen LogP contribution in [0.15, 0.2) is 24.3 Å². The van der Waals surface area contributed by atoms with Crippen molar-refractivity contribution in [2.45, 2.75) is 92.4 Å². The van der Waals surface area contributed by atoms with Crippen molar-refractivity contribution >= 4 is 24.2 Å². The van der Waals surface area contributed by atoms with Crippen molar-refractivity contribution < 1.29 is 19.4 Å². The summed E-state index contributed by atoms with van der Waals surface area (Å²) < 4.78 is 5.64. The van der Waals surface area contributed by atoms with Gasteiger partial charge in [0.25, 0.3) is 5.91 Å². The molecule has 0 radical (unpaired) electrons. The summed E-state index contributed by atoms with van der Waals surface area (Å²) in [6.45, 7) is 14.5. The maximum Gasteiger partial charge on any atom is 0.251 e. The van der Waals surface area contributed by atoms with Crippen LogP contribution in [0, 0.1) is 23.7 Å². The normalized spacial score (nSPS) is 14.5. The van der Waals surface area contributed by atoms with Crippen molar-refractivity contribution in [3.8, 4) is 0 Å². The third-order valence-corrected chi connectivity index (χ3v) is 6.87. The van der Waals surface area contributed by atoms with Crippen LogP contribution in [0.2, 0.25) is 0 Å². The second-order valence-electron chi connectivity index (χ2n) is 10.6. The Morgan fingerprint density at radius 3 is 2.27 bits per heavy atom. The molecule has 1 rings (SSSR count). The van der Waals surface area contributed by atoms with Crippen LogP contribution in [-0.2, 0) is 16.1 Å². The van der Waals surface area contributed by atoms with Gasteiger partial charge in [-0.15, -0.1) is 12.4 Å². The highest BCUT2D eigenvalue weighted by atomic mass is 35.5. The van der Waals surface area contributed by atoms with Gasteiger partial charge in [-0.3, -0.25) is 9.59 Å². The maximum absolute atomic E-state index is 13.0. The number of rotatable bonds is 18. The molecule has 2 amide bonds. The number of carbonyl (C=O) groups is 2. The molecule has 0 bridgehead atoms. The van der Waals surface area contributed by atoms with Gasteiger partial charge in [0.05, 0.1) is 12.7 Å². The Hall–Kier alpha value is -1.67. The fraction of sp³-hybridized carbons (Fsp3) is 0.724. The molecule has 0 aliphatic heterocycles. The Bertz CT molecular complexity index is 775. The van der Waals surface area contributed by atoms with Crippen molar-refractivity contribution in [1.82, 2.24) is 10.6 Å². The number of hydrogen-bond acceptors (Lipinski definition) is 5. The Labute approximate surface area is 231 Å². The summed E-state index contributed by atoms with van der Waals surface area (Å²) in [4.78, 5) is 25.6. The van der Waals surface area contributed by atoms with E-state index in [9.17, 15) is 14.7 Å². The molecular weight excluding hydrogens is 490 g/mol. The van der Waals surface area contributed by atoms with Crippen LogP contribution >= 0.6 is 12.4 Å². The van der Waals surface area contributed by atoms with Gasteiger partial charge in [0.15, 0.2) is 0 Å². The number of hydrogen-bond donors (Lipinski definition) is 4. The van der Waals surface area contributed by atoms with E-state index < -0.39 is 12.1 Å². The van der Waals surface area contributed by atoms with Crippen LogP contribution < -0.4 is 16.4 Å². The largest absolute Gasteiger partial charge is 0.391 e. The predicted molar refractivity (Wildman–Crippen MR) is 154 cm³/mol. The fourth-order valence-electron chi connectivity index (χ4n) is 4.25. The first-order valence-corrected chi connectivity index (χ1v) is 13.8. The average molecular weight is 542 g/mol. The highest BCUT2D eigenvalue weighted by Crippen LogP contribution is 2.23. The molecule has 0 saturated carbocycles. The first kappa shape index (κ1) is 35.3. The molecule has 7 nitrogen and oxygen atoms in total. The Morgan fingerprint density at radius 1 is 1.00 bits per heavy atom. The molecule has 0 aromatic heterocycles. The third kappa shape index (κ3) is 13.1. The van der Waals surface area contributed by atoms with E-state index in [2.05, 4.69) is 38.3 Å². The molecule has 0 fully saturated rings. The summed E-state index contributed by atoms with van der Waals surface area (Å²) in [6.07, 6.45) is 2.99. The van der Waals surface area contributed by atoms with Crippen molar-refractivity contribution in [3.63, 3.8) is 0 Å². The number of benzene rings is 1. The van der Waals surface area contributed by atoms with Crippen LogP contribution in [0.5, 0.6) is 0 Å². The number of nitrogens with one attached hydrogen (secondary N) is 2. The summed E-state index contributed by atoms with van der Waals surface area (Å²) in [5.74, 6) is 0.0394. The Balaban J connectivity index is 0.0000130. The second kappa shape index (κ2) is 19.4. The van der Waals surface area contributed by atoms with Gasteiger partial charge < -0.3 is 26.2 Å². The minimum Gasteiger partial charge on any atom is -0.391 e. The van der Waals surface area contributed by atoms with Gasteiger partial charge in [-0.25, -0.2) is 0 Å². The van der Waals surface area contributed by atoms with E-state index in [0.29, 0.717) is 44.7 Å². The van der Waals surface area contributed by atoms with Gasteiger partial charge in [-0.05, 0) is 55.1 Å². The van der Waals surface area contributed by atoms with Crippen molar-refractivity contribution in [3.05, 3.63) is 35.4 Å². The van der Waals surface area contributed by atoms with Crippen LogP contribution in [0.3, 0.4) is 0 Å². The van der Waals surface area contributed by atoms with Crippen molar-refractivity contribution in [1.29, 1.82) is 0 Å². The first-order chi connectivity index (χ1) is 17.1. The summed E-state index contributed by atoms with van der Waals surface area (Å²) in [5.41, 5.74) is 7.91. The van der Waals surface area contributed by atoms with Crippen LogP contribution in [-0.4, -0.2) is 48.8 Å². The lowest BCUT2D eigenvalue weighted by Crippen LogP contribution is -2.44. The summed E-state index contributed by atoms with van der Waals surface area (Å²) in [6, 6.07) is 7.02. The van der Waals surface area contributed by atoms with Crippen molar-refractivity contribution in [2.24, 2.45) is 29.4 Å². The van der Waals surface area contributed by atoms with Crippen molar-refractivity contribution in [2.75, 3.05) is 19.7 Å². The molecule has 0 aliphatic carbocycles. The van der Waals surface area contributed by atoms with Crippen LogP contribution in [0.25, 0.3) is 0 Å². The number of amides is 2. The zero-order valence-electron chi connectivity index (χ0n) is 23.8. The van der Waals surface area contributed by atoms with Gasteiger partial charge in [0.2, 0.25) is 5.91 Å². The summed E-state index contributed by atoms with van der Waals surface area (Å²) in [7, 11) is 0. The van der Waals surface area contributed by atoms with E-state index >= 15 is 0 Å². The van der Waals surface area contributed by atoms with E-state index in [-0.39, 0.29) is 47.9 Å². The molecule has 0 saturated heterocycles. The van der Waals surface area contributed by atoms with E-state index in [1.54, 1.807) is 0 Å². The highest BCUT2D eigenvalue weighted by molar-refractivity contribution is 5.95. The molecule has 4 unspecified atom stereocenters. The lowest BCUT2D eigenvalue weighted by Gasteiger charge is -2.30. The molecule has 8 heteroatoms. The summed E-state index contributed by atoms with van der Waals surface area (Å²) >= 11 is 0. The molecule has 1 aromatic rings. The third-order valence-electron chi connectivity index (χ3n) is 6.87. The van der Waals surface area contributed by atoms with E-state index in [4.69, 9.17) is 10.5 Å². The topological polar surface area (TPSA) is 114 Å². The van der Waals surface area contributed by atoms with Gasteiger partial charge in [-0.1, -0.05) is 66.2 Å². The van der Waals surface area contributed by atoms with E-state index in [1.165, 1.54) is 0 Å². The Kier molecular flexibility index (Phi) is 18.5. The predicted octanol–water partition coefficient (Wildman–Crippen LogP) is 4.69. The monoisotopic (exact) mass is 541 g/mol. The quantitative estimate of drug-likeness (QED) is 0.201. The first-order valence-electron chi connectivity index (χ1n) is 13.8. The average Bonchev–Trinajstić information content (AvgIpc) is 2.84. The number of aliphatic hydroxyl groups excluding tert-OH is 1. The number of ether oxygens (including phenoxy) is 1. The lowest BCUT2D eigenvalue weighted by molar-refractivity contribution is -0.127. The standard InChI is InChI=1S/C29H51N3O4.ClH/c1-7-9-14-31-29(35)25(21(5)6)17-27(33)26(30)16-23(20(3)4)18-32-28(34)24-13-11-10-12-22(24)19-36-15-8-2;/h10-13,20-21,23,25-27,33H,7-9,14-19,30H2,1-6H3,(H,31,35)(H,32,34);1H. The molecular formula is C29H52ClN3O4. The molecule has 37 heavy (non-hydrogen) atoms. The molecule has 5 N–H and O–H groups in total. The number of carbonyl (C=O) groups excluding carboxylic acids is 2. The molecule has 214 valence electrons. The second-order valence-corrected chi connectivity index (χ2v) is 10.6. The number of unbranched alkanes of at least 4 members (excludes halogenated alkanes) is 1. The maximum atomic E-state index is 13.0. The molecule has 4 atom stereocenters. The van der Waals surface area contributed by atoms with Gasteiger partial charge in [-0.2, -0.15) is 0 Å². The SMILES string of the molecule is CCCCNC(=O)C(CC(O)C(N)CC(CNC(=O)c1ccccc1COCCC)C(C)C)C(C)C.Cl. The van der Waals surface area contributed by atoms with Crippen LogP contribution in [0.1, 0.15) is 89.6 Å². The number of aliphatic hydroxyl groups is 1. The minimum absolute atomic E-state index is 0. The lowest BCUT2D eigenvalue weighted by atomic mass is 9.83. The van der Waals surface area contributed by atoms with Crippen LogP contribution in [0.4, 0.5) is 0 Å². The van der Waals surface area contributed by atoms with E-state index in [0.717, 1.165) is 24.8 Å². The smallest absolute Gasteiger partial charge is 0.251 e. The fourth-order valence-corrected chi connectivity index (χ4v) is 4.25. The number of halogens is 1. The number of nitrogens with two attached hydrogens (primary N) is 1. The molecule has 0 aliphatic rings. The minimum atomic E-state index is -0.789. The molecule has 1 aromatic carbocycles. The van der Waals surface area contributed by atoms with E-state index in [1.807, 2.05) is 38.1 Å². The zero-order valence-corrected chi connectivity index (χ0v) is 24.6. The summed E-state index contributed by atoms with van der Waals surface area (Å²) in [5, 5.41) is 16.9. The Morgan fingerprint density at radius 2 is 1.68 bits per heavy atom. The van der Waals surface area contributed by atoms with Gasteiger partial charge in [0, 0.05) is 37.2 Å². The molecule has 0 spiro atoms. The van der Waals surface area contributed by atoms with Gasteiger partial charge >= 0.3 is 0 Å². The highest BCUT2D eigenvalue weighted by Gasteiger charge is 2.29.